The number of piperidine rings is 1. The van der Waals surface area contributed by atoms with Gasteiger partial charge < -0.3 is 16.0 Å². The third-order valence-electron chi connectivity index (χ3n) is 3.62. The van der Waals surface area contributed by atoms with Crippen LogP contribution in [0.15, 0.2) is 10.7 Å². The van der Waals surface area contributed by atoms with Crippen molar-refractivity contribution in [2.45, 2.75) is 19.8 Å². The van der Waals surface area contributed by atoms with Gasteiger partial charge in [0.1, 0.15) is 5.82 Å². The number of anilines is 2. The predicted molar refractivity (Wildman–Crippen MR) is 80.1 cm³/mol. The summed E-state index contributed by atoms with van der Waals surface area (Å²) in [5.41, 5.74) is 7.51. The molecule has 0 aliphatic carbocycles. The van der Waals surface area contributed by atoms with Crippen molar-refractivity contribution in [2.24, 2.45) is 5.92 Å². The number of nitrogen functional groups attached to an aromatic ring is 1. The van der Waals surface area contributed by atoms with Crippen LogP contribution in [0.1, 0.15) is 18.4 Å². The molecule has 0 spiro atoms. The zero-order chi connectivity index (χ0) is 14.0. The normalized spacial score (nSPS) is 19.3. The van der Waals surface area contributed by atoms with Crippen LogP contribution in [-0.4, -0.2) is 31.0 Å². The zero-order valence-electron chi connectivity index (χ0n) is 11.2. The summed E-state index contributed by atoms with van der Waals surface area (Å²) in [6.45, 7) is 3.59. The molecule has 1 saturated heterocycles. The molecule has 1 atom stereocenters. The summed E-state index contributed by atoms with van der Waals surface area (Å²) < 4.78 is 0.921. The third kappa shape index (κ3) is 2.83. The van der Waals surface area contributed by atoms with E-state index >= 15 is 0 Å². The molecular weight excluding hydrogens is 308 g/mol. The Labute approximate surface area is 121 Å². The SMILES string of the molecule is CNC(=O)C1CCCN(c2ncc(N)c(C)c2Br)C1. The van der Waals surface area contributed by atoms with Crippen LogP contribution in [-0.2, 0) is 4.79 Å². The fourth-order valence-corrected chi connectivity index (χ4v) is 2.97. The van der Waals surface area contributed by atoms with Gasteiger partial charge in [-0.1, -0.05) is 0 Å². The van der Waals surface area contributed by atoms with Gasteiger partial charge in [-0.25, -0.2) is 4.98 Å². The Hall–Kier alpha value is -1.30. The monoisotopic (exact) mass is 326 g/mol. The van der Waals surface area contributed by atoms with Gasteiger partial charge in [0.15, 0.2) is 0 Å². The molecule has 0 saturated carbocycles. The highest BCUT2D eigenvalue weighted by atomic mass is 79.9. The second-order valence-electron chi connectivity index (χ2n) is 4.88. The van der Waals surface area contributed by atoms with E-state index in [4.69, 9.17) is 5.73 Å². The van der Waals surface area contributed by atoms with Crippen molar-refractivity contribution < 1.29 is 4.79 Å². The van der Waals surface area contributed by atoms with E-state index in [0.717, 1.165) is 35.2 Å². The van der Waals surface area contributed by atoms with Gasteiger partial charge in [-0.05, 0) is 41.3 Å². The number of pyridine rings is 1. The van der Waals surface area contributed by atoms with Crippen LogP contribution in [0.25, 0.3) is 0 Å². The Kier molecular flexibility index (Phi) is 4.29. The van der Waals surface area contributed by atoms with E-state index < -0.39 is 0 Å². The first-order chi connectivity index (χ1) is 9.04. The van der Waals surface area contributed by atoms with Gasteiger partial charge in [0.25, 0.3) is 0 Å². The molecule has 2 rings (SSSR count). The maximum atomic E-state index is 11.8. The highest BCUT2D eigenvalue weighted by molar-refractivity contribution is 9.10. The Morgan fingerprint density at radius 2 is 2.37 bits per heavy atom. The van der Waals surface area contributed by atoms with Gasteiger partial charge in [0.05, 0.1) is 22.3 Å². The van der Waals surface area contributed by atoms with Crippen LogP contribution in [0, 0.1) is 12.8 Å². The number of nitrogens with one attached hydrogen (secondary N) is 1. The Morgan fingerprint density at radius 1 is 1.63 bits per heavy atom. The summed E-state index contributed by atoms with van der Waals surface area (Å²) in [7, 11) is 1.68. The smallest absolute Gasteiger partial charge is 0.224 e. The van der Waals surface area contributed by atoms with E-state index in [0.29, 0.717) is 12.2 Å². The predicted octanol–water partition coefficient (Wildman–Crippen LogP) is 1.70. The standard InChI is InChI=1S/C13H19BrN4O/c1-8-10(15)6-17-12(11(8)14)18-5-3-4-9(7-18)13(19)16-2/h6,9H,3-5,7,15H2,1-2H3,(H,16,19). The van der Waals surface area contributed by atoms with Gasteiger partial charge >= 0.3 is 0 Å². The average molecular weight is 327 g/mol. The van der Waals surface area contributed by atoms with E-state index in [1.807, 2.05) is 6.92 Å². The number of carbonyl (C=O) groups is 1. The number of carbonyl (C=O) groups excluding carboxylic acids is 1. The van der Waals surface area contributed by atoms with E-state index in [9.17, 15) is 4.79 Å². The van der Waals surface area contributed by atoms with E-state index in [1.54, 1.807) is 13.2 Å². The first-order valence-electron chi connectivity index (χ1n) is 6.41. The Morgan fingerprint density at radius 3 is 3.05 bits per heavy atom. The topological polar surface area (TPSA) is 71.2 Å². The number of rotatable bonds is 2. The molecule has 1 aromatic heterocycles. The molecule has 2 heterocycles. The van der Waals surface area contributed by atoms with E-state index in [2.05, 4.69) is 31.1 Å². The van der Waals surface area contributed by atoms with Crippen molar-refractivity contribution >= 4 is 33.3 Å². The van der Waals surface area contributed by atoms with Gasteiger partial charge in [0.2, 0.25) is 5.91 Å². The van der Waals surface area contributed by atoms with Crippen molar-refractivity contribution in [1.82, 2.24) is 10.3 Å². The number of hydrogen-bond donors (Lipinski definition) is 2. The average Bonchev–Trinajstić information content (AvgIpc) is 2.44. The molecule has 1 fully saturated rings. The van der Waals surface area contributed by atoms with Crippen molar-refractivity contribution in [2.75, 3.05) is 30.8 Å². The molecule has 1 aliphatic rings. The summed E-state index contributed by atoms with van der Waals surface area (Å²) in [4.78, 5) is 18.3. The van der Waals surface area contributed by atoms with E-state index in [-0.39, 0.29) is 11.8 Å². The first-order valence-corrected chi connectivity index (χ1v) is 7.21. The lowest BCUT2D eigenvalue weighted by Gasteiger charge is -2.33. The molecule has 5 nitrogen and oxygen atoms in total. The molecule has 1 aliphatic heterocycles. The number of hydrogen-bond acceptors (Lipinski definition) is 4. The molecule has 104 valence electrons. The highest BCUT2D eigenvalue weighted by Gasteiger charge is 2.27. The number of halogens is 1. The fourth-order valence-electron chi connectivity index (χ4n) is 2.39. The second kappa shape index (κ2) is 5.77. The van der Waals surface area contributed by atoms with Crippen molar-refractivity contribution in [3.05, 3.63) is 16.2 Å². The van der Waals surface area contributed by atoms with Crippen molar-refractivity contribution in [3.63, 3.8) is 0 Å². The van der Waals surface area contributed by atoms with Crippen LogP contribution in [0.4, 0.5) is 11.5 Å². The molecule has 0 aromatic carbocycles. The summed E-state index contributed by atoms with van der Waals surface area (Å²) in [6.07, 6.45) is 3.61. The molecule has 1 aromatic rings. The Balaban J connectivity index is 2.22. The molecule has 0 bridgehead atoms. The lowest BCUT2D eigenvalue weighted by Crippen LogP contribution is -2.42. The molecule has 19 heavy (non-hydrogen) atoms. The highest BCUT2D eigenvalue weighted by Crippen LogP contribution is 2.32. The summed E-state index contributed by atoms with van der Waals surface area (Å²) in [6, 6.07) is 0. The Bertz CT molecular complexity index is 492. The second-order valence-corrected chi connectivity index (χ2v) is 5.67. The summed E-state index contributed by atoms with van der Waals surface area (Å²) >= 11 is 3.56. The first kappa shape index (κ1) is 14.1. The molecule has 3 N–H and O–H groups in total. The van der Waals surface area contributed by atoms with Gasteiger partial charge in [-0.3, -0.25) is 4.79 Å². The van der Waals surface area contributed by atoms with E-state index in [1.165, 1.54) is 0 Å². The van der Waals surface area contributed by atoms with Crippen molar-refractivity contribution in [3.8, 4) is 0 Å². The maximum Gasteiger partial charge on any atom is 0.224 e. The third-order valence-corrected chi connectivity index (χ3v) is 4.57. The van der Waals surface area contributed by atoms with Crippen LogP contribution in [0.5, 0.6) is 0 Å². The number of amides is 1. The summed E-state index contributed by atoms with van der Waals surface area (Å²) in [5.74, 6) is 1.01. The number of nitrogens with two attached hydrogens (primary N) is 1. The van der Waals surface area contributed by atoms with Crippen LogP contribution >= 0.6 is 15.9 Å². The molecule has 1 amide bonds. The quantitative estimate of drug-likeness (QED) is 0.867. The molecular formula is C13H19BrN4O. The zero-order valence-corrected chi connectivity index (χ0v) is 12.8. The summed E-state index contributed by atoms with van der Waals surface area (Å²) in [5, 5.41) is 2.72. The lowest BCUT2D eigenvalue weighted by molar-refractivity contribution is -0.124. The molecule has 1 unspecified atom stereocenters. The number of aromatic nitrogens is 1. The minimum Gasteiger partial charge on any atom is -0.397 e. The minimum absolute atomic E-state index is 0.0327. The number of nitrogens with zero attached hydrogens (tertiary/aromatic N) is 2. The molecule has 0 radical (unpaired) electrons. The lowest BCUT2D eigenvalue weighted by atomic mass is 9.97. The fraction of sp³-hybridized carbons (Fsp3) is 0.538. The van der Waals surface area contributed by atoms with Crippen molar-refractivity contribution in [1.29, 1.82) is 0 Å². The molecule has 6 heteroatoms. The van der Waals surface area contributed by atoms with Crippen LogP contribution in [0.2, 0.25) is 0 Å². The van der Waals surface area contributed by atoms with Gasteiger partial charge in [-0.2, -0.15) is 0 Å². The van der Waals surface area contributed by atoms with Gasteiger partial charge in [0, 0.05) is 20.1 Å². The largest absolute Gasteiger partial charge is 0.397 e. The van der Waals surface area contributed by atoms with Crippen LogP contribution < -0.4 is 16.0 Å². The minimum atomic E-state index is 0.0327. The van der Waals surface area contributed by atoms with Crippen LogP contribution in [0.3, 0.4) is 0 Å². The van der Waals surface area contributed by atoms with Gasteiger partial charge in [-0.15, -0.1) is 0 Å². The maximum absolute atomic E-state index is 11.8.